The van der Waals surface area contributed by atoms with E-state index in [0.29, 0.717) is 0 Å². The fourth-order valence-corrected chi connectivity index (χ4v) is 2.67. The van der Waals surface area contributed by atoms with Crippen molar-refractivity contribution in [1.82, 2.24) is 0 Å². The predicted molar refractivity (Wildman–Crippen MR) is 96.2 cm³/mol. The van der Waals surface area contributed by atoms with Crippen molar-refractivity contribution in [2.45, 2.75) is 58.2 Å². The summed E-state index contributed by atoms with van der Waals surface area (Å²) in [5.74, 6) is -4.22. The van der Waals surface area contributed by atoms with Crippen molar-refractivity contribution in [3.63, 3.8) is 0 Å². The second kappa shape index (κ2) is 11.1. The Morgan fingerprint density at radius 2 is 1.60 bits per heavy atom. The highest BCUT2D eigenvalue weighted by atomic mass is 16.6. The second-order valence-corrected chi connectivity index (χ2v) is 6.28. The Kier molecular flexibility index (Phi) is 9.24. The predicted octanol–water partition coefficient (Wildman–Crippen LogP) is -0.872. The minimum Gasteiger partial charge on any atom is -0.477 e. The Morgan fingerprint density at radius 1 is 1.00 bits per heavy atom. The molecule has 0 saturated heterocycles. The maximum Gasteiger partial charge on any atom is 0.373 e. The molecule has 5 atom stereocenters. The molecular weight excluding hydrogens is 406 g/mol. The summed E-state index contributed by atoms with van der Waals surface area (Å²) in [7, 11) is 1.10. The van der Waals surface area contributed by atoms with Gasteiger partial charge < -0.3 is 34.2 Å². The summed E-state index contributed by atoms with van der Waals surface area (Å²) in [6, 6.07) is -1.15. The Bertz CT molecular complexity index is 717. The molecule has 1 heterocycles. The highest BCUT2D eigenvalue weighted by Crippen LogP contribution is 2.27. The van der Waals surface area contributed by atoms with Crippen molar-refractivity contribution in [2.24, 2.45) is 5.73 Å². The van der Waals surface area contributed by atoms with Gasteiger partial charge in [-0.15, -0.1) is 0 Å². The topological polar surface area (TPSA) is 167 Å². The average Bonchev–Trinajstić information content (AvgIpc) is 2.63. The van der Waals surface area contributed by atoms with Crippen LogP contribution in [0, 0.1) is 0 Å². The van der Waals surface area contributed by atoms with Gasteiger partial charge in [-0.25, -0.2) is 4.79 Å². The van der Waals surface area contributed by atoms with Crippen molar-refractivity contribution < 1.29 is 52.4 Å². The van der Waals surface area contributed by atoms with Crippen molar-refractivity contribution >= 4 is 29.8 Å². The van der Waals surface area contributed by atoms with E-state index in [2.05, 4.69) is 4.74 Å². The molecule has 12 nitrogen and oxygen atoms in total. The lowest BCUT2D eigenvalue weighted by molar-refractivity contribution is -0.190. The summed E-state index contributed by atoms with van der Waals surface area (Å²) in [6.07, 6.45) is -4.10. The monoisotopic (exact) mass is 431 g/mol. The van der Waals surface area contributed by atoms with Gasteiger partial charge in [0.1, 0.15) is 12.7 Å². The molecule has 0 amide bonds. The van der Waals surface area contributed by atoms with Crippen LogP contribution in [0.5, 0.6) is 0 Å². The molecule has 0 aromatic heterocycles. The molecule has 0 bridgehead atoms. The zero-order chi connectivity index (χ0) is 23.0. The number of rotatable bonds is 8. The lowest BCUT2D eigenvalue weighted by atomic mass is 9.94. The van der Waals surface area contributed by atoms with Gasteiger partial charge in [-0.05, 0) is 0 Å². The van der Waals surface area contributed by atoms with E-state index in [1.165, 1.54) is 0 Å². The zero-order valence-corrected chi connectivity index (χ0v) is 17.2. The third-order valence-electron chi connectivity index (χ3n) is 3.79. The van der Waals surface area contributed by atoms with E-state index < -0.39 is 66.9 Å². The number of carbonyl (C=O) groups excluding carboxylic acids is 5. The molecule has 0 saturated carbocycles. The first kappa shape index (κ1) is 24.9. The number of carbonyl (C=O) groups is 5. The summed E-state index contributed by atoms with van der Waals surface area (Å²) >= 11 is 0. The van der Waals surface area contributed by atoms with Crippen LogP contribution in [-0.4, -0.2) is 74.0 Å². The zero-order valence-electron chi connectivity index (χ0n) is 17.2. The summed E-state index contributed by atoms with van der Waals surface area (Å²) in [5.41, 5.74) is 6.14. The van der Waals surface area contributed by atoms with Crippen LogP contribution in [-0.2, 0) is 52.4 Å². The highest BCUT2D eigenvalue weighted by Gasteiger charge is 2.47. The second-order valence-electron chi connectivity index (χ2n) is 6.28. The van der Waals surface area contributed by atoms with E-state index in [4.69, 9.17) is 29.4 Å². The van der Waals surface area contributed by atoms with E-state index in [-0.39, 0.29) is 5.76 Å². The molecule has 0 aromatic rings. The molecule has 168 valence electrons. The summed E-state index contributed by atoms with van der Waals surface area (Å²) in [5, 5.41) is 0. The van der Waals surface area contributed by atoms with E-state index in [0.717, 1.165) is 40.9 Å². The standard InChI is InChI=1S/C18H25NO11/c1-8(20)26-7-14(28-10(3)22)16(29-11(4)23)17-15(19)12(27-9(2)21)6-13(30-17)18(24)25-5/h6,12,14-17H,7,19H2,1-5H3/t12-,14-,15+,16-,17+/m0/s1. The van der Waals surface area contributed by atoms with E-state index in [1.54, 1.807) is 0 Å². The fourth-order valence-electron chi connectivity index (χ4n) is 2.67. The van der Waals surface area contributed by atoms with Crippen LogP contribution in [0.15, 0.2) is 11.8 Å². The van der Waals surface area contributed by atoms with Gasteiger partial charge in [0.25, 0.3) is 0 Å². The lowest BCUT2D eigenvalue weighted by Crippen LogP contribution is -2.59. The minimum absolute atomic E-state index is 0.360. The van der Waals surface area contributed by atoms with Gasteiger partial charge in [-0.2, -0.15) is 0 Å². The third kappa shape index (κ3) is 7.35. The average molecular weight is 431 g/mol. The molecule has 1 aliphatic rings. The SMILES string of the molecule is COC(=O)C1=C[C@H](OC(C)=O)[C@@H](N)[C@H]([C@@H](OC(C)=O)[C@H](COC(C)=O)OC(C)=O)O1. The van der Waals surface area contributed by atoms with Crippen LogP contribution < -0.4 is 5.73 Å². The molecule has 1 rings (SSSR count). The van der Waals surface area contributed by atoms with Gasteiger partial charge in [0.15, 0.2) is 18.3 Å². The van der Waals surface area contributed by atoms with Gasteiger partial charge >= 0.3 is 29.8 Å². The molecule has 1 aliphatic heterocycles. The van der Waals surface area contributed by atoms with Crippen LogP contribution in [0.25, 0.3) is 0 Å². The normalized spacial score (nSPS) is 22.3. The smallest absolute Gasteiger partial charge is 0.373 e. The molecule has 0 radical (unpaired) electrons. The first-order valence-corrected chi connectivity index (χ1v) is 8.83. The molecule has 0 fully saturated rings. The molecule has 0 unspecified atom stereocenters. The van der Waals surface area contributed by atoms with Crippen molar-refractivity contribution in [1.29, 1.82) is 0 Å². The van der Waals surface area contributed by atoms with Crippen molar-refractivity contribution in [2.75, 3.05) is 13.7 Å². The molecule has 2 N–H and O–H groups in total. The Morgan fingerprint density at radius 3 is 2.07 bits per heavy atom. The highest BCUT2D eigenvalue weighted by molar-refractivity contribution is 5.86. The summed E-state index contributed by atoms with van der Waals surface area (Å²) < 4.78 is 30.5. The van der Waals surface area contributed by atoms with Gasteiger partial charge in [0.05, 0.1) is 13.2 Å². The molecule has 0 spiro atoms. The first-order valence-electron chi connectivity index (χ1n) is 8.83. The maximum atomic E-state index is 12.0. The van der Waals surface area contributed by atoms with E-state index in [1.807, 2.05) is 0 Å². The lowest BCUT2D eigenvalue weighted by Gasteiger charge is -2.39. The van der Waals surface area contributed by atoms with Crippen molar-refractivity contribution in [3.8, 4) is 0 Å². The van der Waals surface area contributed by atoms with Crippen LogP contribution in [0.4, 0.5) is 0 Å². The quantitative estimate of drug-likeness (QED) is 0.373. The fraction of sp³-hybridized carbons (Fsp3) is 0.611. The third-order valence-corrected chi connectivity index (χ3v) is 3.79. The largest absolute Gasteiger partial charge is 0.477 e. The Labute approximate surface area is 172 Å². The van der Waals surface area contributed by atoms with Gasteiger partial charge in [0.2, 0.25) is 5.76 Å². The molecule has 12 heteroatoms. The first-order chi connectivity index (χ1) is 14.0. The molecule has 30 heavy (non-hydrogen) atoms. The van der Waals surface area contributed by atoms with Crippen LogP contribution in [0.2, 0.25) is 0 Å². The number of nitrogens with two attached hydrogens (primary N) is 1. The number of hydrogen-bond acceptors (Lipinski definition) is 12. The van der Waals surface area contributed by atoms with E-state index in [9.17, 15) is 24.0 Å². The van der Waals surface area contributed by atoms with Crippen molar-refractivity contribution in [3.05, 3.63) is 11.8 Å². The Hall–Kier alpha value is -3.15. The number of esters is 5. The van der Waals surface area contributed by atoms with Crippen LogP contribution in [0.3, 0.4) is 0 Å². The Balaban J connectivity index is 3.36. The maximum absolute atomic E-state index is 12.0. The van der Waals surface area contributed by atoms with Gasteiger partial charge in [0, 0.05) is 33.8 Å². The van der Waals surface area contributed by atoms with Crippen LogP contribution >= 0.6 is 0 Å². The number of methoxy groups -OCH3 is 1. The van der Waals surface area contributed by atoms with Gasteiger partial charge in [-0.1, -0.05) is 0 Å². The number of hydrogen-bond donors (Lipinski definition) is 1. The van der Waals surface area contributed by atoms with E-state index >= 15 is 0 Å². The van der Waals surface area contributed by atoms with Gasteiger partial charge in [-0.3, -0.25) is 19.2 Å². The van der Waals surface area contributed by atoms with Crippen LogP contribution in [0.1, 0.15) is 27.7 Å². The molecule has 0 aromatic carbocycles. The number of ether oxygens (including phenoxy) is 6. The minimum atomic E-state index is -1.42. The molecule has 0 aliphatic carbocycles. The summed E-state index contributed by atoms with van der Waals surface area (Å²) in [6.45, 7) is 3.94. The molecular formula is C18H25NO11. The summed E-state index contributed by atoms with van der Waals surface area (Å²) in [4.78, 5) is 57.9.